The van der Waals surface area contributed by atoms with E-state index in [-0.39, 0.29) is 5.97 Å². The third-order valence-corrected chi connectivity index (χ3v) is 3.55. The first kappa shape index (κ1) is 11.1. The molecule has 0 unspecified atom stereocenters. The van der Waals surface area contributed by atoms with Gasteiger partial charge in [0.2, 0.25) is 0 Å². The van der Waals surface area contributed by atoms with Crippen LogP contribution in [0.4, 0.5) is 0 Å². The van der Waals surface area contributed by atoms with Gasteiger partial charge in [-0.15, -0.1) is 11.3 Å². The number of fused-ring (bicyclic) bond motifs is 1. The van der Waals surface area contributed by atoms with Gasteiger partial charge in [-0.1, -0.05) is 12.1 Å². The summed E-state index contributed by atoms with van der Waals surface area (Å²) in [6, 6.07) is 7.90. The number of para-hydroxylation sites is 1. The number of hydrogen-bond donors (Lipinski definition) is 0. The van der Waals surface area contributed by atoms with Gasteiger partial charge in [-0.25, -0.2) is 4.98 Å². The van der Waals surface area contributed by atoms with E-state index >= 15 is 0 Å². The van der Waals surface area contributed by atoms with Crippen molar-refractivity contribution >= 4 is 27.5 Å². The lowest BCUT2D eigenvalue weighted by molar-refractivity contribution is -0.154. The highest BCUT2D eigenvalue weighted by Crippen LogP contribution is 2.32. The summed E-state index contributed by atoms with van der Waals surface area (Å²) in [5.74, 6) is -0.288. The maximum atomic E-state index is 11.0. The van der Waals surface area contributed by atoms with Gasteiger partial charge in [0.25, 0.3) is 0 Å². The predicted octanol–water partition coefficient (Wildman–Crippen LogP) is 3.09. The van der Waals surface area contributed by atoms with Crippen molar-refractivity contribution in [1.29, 1.82) is 0 Å². The Labute approximate surface area is 98.1 Å². The molecule has 0 aliphatic carbocycles. The number of benzene rings is 1. The Morgan fingerprint density at radius 3 is 2.69 bits per heavy atom. The minimum atomic E-state index is -0.657. The summed E-state index contributed by atoms with van der Waals surface area (Å²) in [6.07, 6.45) is 0. The van der Waals surface area contributed by atoms with E-state index in [2.05, 4.69) is 4.98 Å². The molecule has 3 nitrogen and oxygen atoms in total. The number of carbonyl (C=O) groups is 1. The molecule has 0 bridgehead atoms. The number of esters is 1. The van der Waals surface area contributed by atoms with Crippen LogP contribution < -0.4 is 0 Å². The van der Waals surface area contributed by atoms with Crippen LogP contribution in [0.25, 0.3) is 10.2 Å². The Bertz CT molecular complexity index is 498. The van der Waals surface area contributed by atoms with Crippen molar-refractivity contribution in [3.63, 3.8) is 0 Å². The summed E-state index contributed by atoms with van der Waals surface area (Å²) >= 11 is 1.56. The van der Waals surface area contributed by atoms with Crippen LogP contribution in [-0.2, 0) is 15.1 Å². The van der Waals surface area contributed by atoms with Crippen LogP contribution in [0.5, 0.6) is 0 Å². The molecular formula is C12H13NO2S. The molecule has 0 fully saturated rings. The SMILES string of the molecule is CC(=O)OC(C)(C)c1nc2ccccc2s1. The highest BCUT2D eigenvalue weighted by molar-refractivity contribution is 7.18. The van der Waals surface area contributed by atoms with Crippen LogP contribution in [0.3, 0.4) is 0 Å². The number of ether oxygens (including phenoxy) is 1. The smallest absolute Gasteiger partial charge is 0.303 e. The lowest BCUT2D eigenvalue weighted by Crippen LogP contribution is -2.23. The first-order chi connectivity index (χ1) is 7.49. The number of hydrogen-bond acceptors (Lipinski definition) is 4. The average Bonchev–Trinajstić information content (AvgIpc) is 2.59. The molecule has 0 saturated heterocycles. The monoisotopic (exact) mass is 235 g/mol. The molecule has 0 aliphatic rings. The normalized spacial score (nSPS) is 11.7. The van der Waals surface area contributed by atoms with E-state index in [9.17, 15) is 4.79 Å². The van der Waals surface area contributed by atoms with Gasteiger partial charge in [0, 0.05) is 6.92 Å². The van der Waals surface area contributed by atoms with Crippen LogP contribution in [0, 0.1) is 0 Å². The zero-order chi connectivity index (χ0) is 11.8. The lowest BCUT2D eigenvalue weighted by atomic mass is 10.1. The van der Waals surface area contributed by atoms with E-state index in [1.165, 1.54) is 6.92 Å². The van der Waals surface area contributed by atoms with Crippen molar-refractivity contribution in [2.45, 2.75) is 26.4 Å². The quantitative estimate of drug-likeness (QED) is 0.751. The van der Waals surface area contributed by atoms with Gasteiger partial charge < -0.3 is 4.74 Å². The highest BCUT2D eigenvalue weighted by Gasteiger charge is 2.27. The fourth-order valence-corrected chi connectivity index (χ4v) is 2.54. The Kier molecular flexibility index (Phi) is 2.68. The summed E-state index contributed by atoms with van der Waals surface area (Å²) < 4.78 is 6.37. The minimum absolute atomic E-state index is 0.288. The van der Waals surface area contributed by atoms with E-state index < -0.39 is 5.60 Å². The van der Waals surface area contributed by atoms with Crippen molar-refractivity contribution in [2.24, 2.45) is 0 Å². The Balaban J connectivity index is 2.43. The van der Waals surface area contributed by atoms with Crippen molar-refractivity contribution < 1.29 is 9.53 Å². The van der Waals surface area contributed by atoms with Gasteiger partial charge in [-0.2, -0.15) is 0 Å². The molecule has 1 aromatic heterocycles. The molecule has 0 amide bonds. The second-order valence-electron chi connectivity index (χ2n) is 4.09. The molecule has 1 aromatic carbocycles. The number of nitrogens with zero attached hydrogens (tertiary/aromatic N) is 1. The Hall–Kier alpha value is -1.42. The molecule has 1 heterocycles. The van der Waals surface area contributed by atoms with E-state index in [1.54, 1.807) is 11.3 Å². The Morgan fingerprint density at radius 1 is 1.38 bits per heavy atom. The second kappa shape index (κ2) is 3.87. The molecule has 0 saturated carbocycles. The predicted molar refractivity (Wildman–Crippen MR) is 64.4 cm³/mol. The topological polar surface area (TPSA) is 39.2 Å². The fourth-order valence-electron chi connectivity index (χ4n) is 1.53. The number of aromatic nitrogens is 1. The molecule has 2 aromatic rings. The third kappa shape index (κ3) is 2.07. The summed E-state index contributed by atoms with van der Waals surface area (Å²) in [6.45, 7) is 5.12. The molecule has 16 heavy (non-hydrogen) atoms. The van der Waals surface area contributed by atoms with Gasteiger partial charge >= 0.3 is 5.97 Å². The largest absolute Gasteiger partial charge is 0.452 e. The maximum absolute atomic E-state index is 11.0. The van der Waals surface area contributed by atoms with Crippen molar-refractivity contribution in [2.75, 3.05) is 0 Å². The van der Waals surface area contributed by atoms with Crippen LogP contribution in [0.2, 0.25) is 0 Å². The standard InChI is InChI=1S/C12H13NO2S/c1-8(14)15-12(2,3)11-13-9-6-4-5-7-10(9)16-11/h4-7H,1-3H3. The number of carbonyl (C=O) groups excluding carboxylic acids is 1. The summed E-state index contributed by atoms with van der Waals surface area (Å²) in [5.41, 5.74) is 0.290. The van der Waals surface area contributed by atoms with Gasteiger partial charge in [0.1, 0.15) is 5.01 Å². The lowest BCUT2D eigenvalue weighted by Gasteiger charge is -2.21. The van der Waals surface area contributed by atoms with E-state index in [4.69, 9.17) is 4.74 Å². The highest BCUT2D eigenvalue weighted by atomic mass is 32.1. The maximum Gasteiger partial charge on any atom is 0.303 e. The average molecular weight is 235 g/mol. The zero-order valence-electron chi connectivity index (χ0n) is 9.48. The van der Waals surface area contributed by atoms with Gasteiger partial charge in [0.05, 0.1) is 10.2 Å². The molecule has 0 atom stereocenters. The van der Waals surface area contributed by atoms with Crippen molar-refractivity contribution in [1.82, 2.24) is 4.98 Å². The van der Waals surface area contributed by atoms with E-state index in [0.29, 0.717) is 0 Å². The van der Waals surface area contributed by atoms with Gasteiger partial charge in [-0.3, -0.25) is 4.79 Å². The van der Waals surface area contributed by atoms with Crippen LogP contribution in [0.1, 0.15) is 25.8 Å². The zero-order valence-corrected chi connectivity index (χ0v) is 10.3. The molecule has 84 valence electrons. The van der Waals surface area contributed by atoms with Crippen LogP contribution >= 0.6 is 11.3 Å². The summed E-state index contributed by atoms with van der Waals surface area (Å²) in [7, 11) is 0. The minimum Gasteiger partial charge on any atom is -0.452 e. The molecule has 4 heteroatoms. The van der Waals surface area contributed by atoms with Crippen molar-refractivity contribution in [3.05, 3.63) is 29.3 Å². The van der Waals surface area contributed by atoms with Crippen LogP contribution in [0.15, 0.2) is 24.3 Å². The van der Waals surface area contributed by atoms with Gasteiger partial charge in [0.15, 0.2) is 5.60 Å². The molecule has 0 spiro atoms. The van der Waals surface area contributed by atoms with E-state index in [0.717, 1.165) is 15.2 Å². The summed E-state index contributed by atoms with van der Waals surface area (Å²) in [5, 5.41) is 0.823. The third-order valence-electron chi connectivity index (χ3n) is 2.21. The number of thiazole rings is 1. The fraction of sp³-hybridized carbons (Fsp3) is 0.333. The first-order valence-electron chi connectivity index (χ1n) is 5.05. The van der Waals surface area contributed by atoms with Crippen LogP contribution in [-0.4, -0.2) is 11.0 Å². The Morgan fingerprint density at radius 2 is 2.06 bits per heavy atom. The molecule has 0 aliphatic heterocycles. The second-order valence-corrected chi connectivity index (χ2v) is 5.12. The molecular weight excluding hydrogens is 222 g/mol. The van der Waals surface area contributed by atoms with Crippen molar-refractivity contribution in [3.8, 4) is 0 Å². The number of rotatable bonds is 2. The first-order valence-corrected chi connectivity index (χ1v) is 5.86. The van der Waals surface area contributed by atoms with E-state index in [1.807, 2.05) is 38.1 Å². The molecule has 2 rings (SSSR count). The molecule has 0 N–H and O–H groups in total. The van der Waals surface area contributed by atoms with Gasteiger partial charge in [-0.05, 0) is 26.0 Å². The molecule has 0 radical (unpaired) electrons. The summed E-state index contributed by atoms with van der Waals surface area (Å²) in [4.78, 5) is 15.5.